The van der Waals surface area contributed by atoms with Gasteiger partial charge in [-0.2, -0.15) is 4.31 Å². The Hall–Kier alpha value is -3.08. The van der Waals surface area contributed by atoms with Crippen LogP contribution in [0.4, 0.5) is 5.69 Å². The van der Waals surface area contributed by atoms with Gasteiger partial charge in [-0.15, -0.1) is 11.3 Å². The zero-order valence-electron chi connectivity index (χ0n) is 16.1. The molecular formula is C20H20N4O4S2. The number of benzene rings is 1. The molecule has 10 heteroatoms. The molecule has 0 saturated heterocycles. The lowest BCUT2D eigenvalue weighted by molar-refractivity contribution is -0.116. The minimum atomic E-state index is -3.72. The molecule has 3 rings (SSSR count). The SMILES string of the molecule is CN(CC(=O)Nc1cccc(C(=O)NCc2ccccn2)c1)S(=O)(=O)c1cccs1. The molecule has 0 aliphatic rings. The molecule has 2 N–H and O–H groups in total. The summed E-state index contributed by atoms with van der Waals surface area (Å²) in [6.07, 6.45) is 1.65. The van der Waals surface area contributed by atoms with Crippen molar-refractivity contribution in [2.45, 2.75) is 10.8 Å². The third kappa shape index (κ3) is 5.50. The number of nitrogens with one attached hydrogen (secondary N) is 2. The van der Waals surface area contributed by atoms with Gasteiger partial charge in [-0.05, 0) is 41.8 Å². The van der Waals surface area contributed by atoms with Crippen LogP contribution in [0.25, 0.3) is 0 Å². The van der Waals surface area contributed by atoms with Crippen molar-refractivity contribution in [1.29, 1.82) is 0 Å². The third-order valence-electron chi connectivity index (χ3n) is 4.09. The van der Waals surface area contributed by atoms with E-state index in [1.807, 2.05) is 6.07 Å². The van der Waals surface area contributed by atoms with Gasteiger partial charge < -0.3 is 10.6 Å². The van der Waals surface area contributed by atoms with Gasteiger partial charge in [0.05, 0.1) is 18.8 Å². The predicted molar refractivity (Wildman–Crippen MR) is 115 cm³/mol. The highest BCUT2D eigenvalue weighted by atomic mass is 32.2. The number of rotatable bonds is 8. The first-order chi connectivity index (χ1) is 14.4. The van der Waals surface area contributed by atoms with Gasteiger partial charge >= 0.3 is 0 Å². The summed E-state index contributed by atoms with van der Waals surface area (Å²) in [7, 11) is -2.37. The Morgan fingerprint density at radius 2 is 1.93 bits per heavy atom. The molecule has 30 heavy (non-hydrogen) atoms. The van der Waals surface area contributed by atoms with Crippen molar-refractivity contribution in [2.75, 3.05) is 18.9 Å². The number of pyridine rings is 1. The molecule has 8 nitrogen and oxygen atoms in total. The number of hydrogen-bond donors (Lipinski definition) is 2. The molecule has 156 valence electrons. The average Bonchev–Trinajstić information content (AvgIpc) is 3.28. The maximum atomic E-state index is 12.4. The van der Waals surface area contributed by atoms with Gasteiger partial charge in [-0.1, -0.05) is 18.2 Å². The number of thiophene rings is 1. The van der Waals surface area contributed by atoms with E-state index in [1.54, 1.807) is 48.0 Å². The van der Waals surface area contributed by atoms with Crippen LogP contribution in [0.3, 0.4) is 0 Å². The lowest BCUT2D eigenvalue weighted by atomic mass is 10.2. The summed E-state index contributed by atoms with van der Waals surface area (Å²) in [5, 5.41) is 7.05. The summed E-state index contributed by atoms with van der Waals surface area (Å²) < 4.78 is 26.0. The molecule has 0 bridgehead atoms. The predicted octanol–water partition coefficient (Wildman–Crippen LogP) is 2.33. The van der Waals surface area contributed by atoms with E-state index < -0.39 is 15.9 Å². The van der Waals surface area contributed by atoms with Gasteiger partial charge in [0.2, 0.25) is 5.91 Å². The van der Waals surface area contributed by atoms with E-state index in [2.05, 4.69) is 15.6 Å². The van der Waals surface area contributed by atoms with Gasteiger partial charge in [0.1, 0.15) is 4.21 Å². The fourth-order valence-corrected chi connectivity index (χ4v) is 4.89. The molecule has 2 aromatic heterocycles. The number of hydrogen-bond acceptors (Lipinski definition) is 6. The standard InChI is InChI=1S/C20H20N4O4S2/c1-24(30(27,28)19-9-5-11-29-19)14-18(25)23-16-8-4-6-15(12-16)20(26)22-13-17-7-2-3-10-21-17/h2-12H,13-14H2,1H3,(H,22,26)(H,23,25). The van der Waals surface area contributed by atoms with Crippen LogP contribution in [-0.4, -0.2) is 43.1 Å². The summed E-state index contributed by atoms with van der Waals surface area (Å²) >= 11 is 1.09. The Kier molecular flexibility index (Phi) is 6.93. The second-order valence-corrected chi connectivity index (χ2v) is 9.55. The van der Waals surface area contributed by atoms with Crippen LogP contribution in [0.1, 0.15) is 16.1 Å². The zero-order chi connectivity index (χ0) is 21.6. The monoisotopic (exact) mass is 444 g/mol. The maximum absolute atomic E-state index is 12.4. The van der Waals surface area contributed by atoms with Crippen molar-refractivity contribution >= 4 is 38.9 Å². The van der Waals surface area contributed by atoms with Crippen molar-refractivity contribution < 1.29 is 18.0 Å². The number of carbonyl (C=O) groups is 2. The van der Waals surface area contributed by atoms with Gasteiger partial charge in [-0.3, -0.25) is 14.6 Å². The summed E-state index contributed by atoms with van der Waals surface area (Å²) in [4.78, 5) is 28.8. The molecule has 0 aliphatic carbocycles. The van der Waals surface area contributed by atoms with Crippen molar-refractivity contribution in [3.05, 3.63) is 77.4 Å². The van der Waals surface area contributed by atoms with E-state index in [9.17, 15) is 18.0 Å². The third-order valence-corrected chi connectivity index (χ3v) is 7.27. The summed E-state index contributed by atoms with van der Waals surface area (Å²) in [5.74, 6) is -0.821. The first-order valence-corrected chi connectivity index (χ1v) is 11.3. The lowest BCUT2D eigenvalue weighted by Gasteiger charge is -2.16. The van der Waals surface area contributed by atoms with Gasteiger partial charge in [0.25, 0.3) is 15.9 Å². The minimum Gasteiger partial charge on any atom is -0.346 e. The van der Waals surface area contributed by atoms with E-state index in [4.69, 9.17) is 0 Å². The number of nitrogens with zero attached hydrogens (tertiary/aromatic N) is 2. The Balaban J connectivity index is 1.59. The van der Waals surface area contributed by atoms with Crippen LogP contribution in [0.5, 0.6) is 0 Å². The Morgan fingerprint density at radius 1 is 1.10 bits per heavy atom. The maximum Gasteiger partial charge on any atom is 0.252 e. The normalized spacial score (nSPS) is 11.3. The van der Waals surface area contributed by atoms with Crippen molar-refractivity contribution in [1.82, 2.24) is 14.6 Å². The van der Waals surface area contributed by atoms with Crippen LogP contribution in [0.2, 0.25) is 0 Å². The molecule has 0 fully saturated rings. The molecule has 1 aromatic carbocycles. The van der Waals surface area contributed by atoms with E-state index in [0.717, 1.165) is 21.3 Å². The molecular weight excluding hydrogens is 424 g/mol. The van der Waals surface area contributed by atoms with Crippen molar-refractivity contribution in [3.63, 3.8) is 0 Å². The fourth-order valence-electron chi connectivity index (χ4n) is 2.57. The van der Waals surface area contributed by atoms with E-state index in [0.29, 0.717) is 11.3 Å². The fraction of sp³-hybridized carbons (Fsp3) is 0.150. The zero-order valence-corrected chi connectivity index (χ0v) is 17.7. The largest absolute Gasteiger partial charge is 0.346 e. The summed E-state index contributed by atoms with van der Waals surface area (Å²) in [6, 6.07) is 15.0. The van der Waals surface area contributed by atoms with Crippen LogP contribution in [0.15, 0.2) is 70.4 Å². The summed E-state index contributed by atoms with van der Waals surface area (Å²) in [6.45, 7) is -0.0715. The van der Waals surface area contributed by atoms with E-state index in [1.165, 1.54) is 19.2 Å². The molecule has 2 heterocycles. The number of anilines is 1. The average molecular weight is 445 g/mol. The van der Waals surface area contributed by atoms with Crippen LogP contribution >= 0.6 is 11.3 Å². The van der Waals surface area contributed by atoms with Crippen molar-refractivity contribution in [2.24, 2.45) is 0 Å². The number of aromatic nitrogens is 1. The lowest BCUT2D eigenvalue weighted by Crippen LogP contribution is -2.34. The van der Waals surface area contributed by atoms with Crippen LogP contribution in [0, 0.1) is 0 Å². The highest BCUT2D eigenvalue weighted by Gasteiger charge is 2.23. The Labute approximate surface area is 178 Å². The Morgan fingerprint density at radius 3 is 2.63 bits per heavy atom. The van der Waals surface area contributed by atoms with E-state index in [-0.39, 0.29) is 23.2 Å². The number of likely N-dealkylation sites (N-methyl/N-ethyl adjacent to an activating group) is 1. The minimum absolute atomic E-state index is 0.171. The molecule has 2 amide bonds. The second-order valence-electron chi connectivity index (χ2n) is 6.33. The molecule has 3 aromatic rings. The van der Waals surface area contributed by atoms with E-state index >= 15 is 0 Å². The molecule has 0 unspecified atom stereocenters. The molecule has 0 radical (unpaired) electrons. The second kappa shape index (κ2) is 9.61. The van der Waals surface area contributed by atoms with Gasteiger partial charge in [0, 0.05) is 24.5 Å². The van der Waals surface area contributed by atoms with Gasteiger partial charge in [0.15, 0.2) is 0 Å². The molecule has 0 saturated carbocycles. The number of amides is 2. The smallest absolute Gasteiger partial charge is 0.252 e. The van der Waals surface area contributed by atoms with Crippen LogP contribution < -0.4 is 10.6 Å². The highest BCUT2D eigenvalue weighted by Crippen LogP contribution is 2.19. The number of carbonyl (C=O) groups excluding carboxylic acids is 2. The molecule has 0 spiro atoms. The quantitative estimate of drug-likeness (QED) is 0.554. The number of sulfonamides is 1. The molecule has 0 atom stereocenters. The first-order valence-electron chi connectivity index (χ1n) is 8.94. The molecule has 0 aliphatic heterocycles. The Bertz CT molecular complexity index is 1120. The van der Waals surface area contributed by atoms with Crippen molar-refractivity contribution in [3.8, 4) is 0 Å². The summed E-state index contributed by atoms with van der Waals surface area (Å²) in [5.41, 5.74) is 1.49. The highest BCUT2D eigenvalue weighted by molar-refractivity contribution is 7.91. The first kappa shape index (κ1) is 21.6. The van der Waals surface area contributed by atoms with Crippen LogP contribution in [-0.2, 0) is 21.4 Å². The van der Waals surface area contributed by atoms with Gasteiger partial charge in [-0.25, -0.2) is 8.42 Å². The topological polar surface area (TPSA) is 108 Å².